The lowest BCUT2D eigenvalue weighted by atomic mass is 10.2. The maximum atomic E-state index is 12.4. The van der Waals surface area contributed by atoms with E-state index in [0.717, 1.165) is 4.47 Å². The number of aromatic nitrogens is 4. The Bertz CT molecular complexity index is 1000. The van der Waals surface area contributed by atoms with Crippen LogP contribution < -0.4 is 5.32 Å². The van der Waals surface area contributed by atoms with Gasteiger partial charge in [0.2, 0.25) is 0 Å². The predicted molar refractivity (Wildman–Crippen MR) is 104 cm³/mol. The standard InChI is InChI=1S/C17H14BrClN6O2/c1-24(2)17(27)15-21-23-25(22-15)12-6-4-11(5-7-12)20-16(26)13-9-10(18)3-8-14(13)19/h3-9H,1-2H3,(H,20,26). The second kappa shape index (κ2) is 7.85. The number of hydrogen-bond donors (Lipinski definition) is 1. The van der Waals surface area contributed by atoms with E-state index in [9.17, 15) is 9.59 Å². The summed E-state index contributed by atoms with van der Waals surface area (Å²) in [7, 11) is 3.22. The maximum Gasteiger partial charge on any atom is 0.294 e. The fourth-order valence-corrected chi connectivity index (χ4v) is 2.72. The summed E-state index contributed by atoms with van der Waals surface area (Å²) >= 11 is 9.39. The fourth-order valence-electron chi connectivity index (χ4n) is 2.16. The van der Waals surface area contributed by atoms with Gasteiger partial charge < -0.3 is 10.2 Å². The molecule has 8 nitrogen and oxygen atoms in total. The quantitative estimate of drug-likeness (QED) is 0.661. The lowest BCUT2D eigenvalue weighted by Crippen LogP contribution is -2.23. The van der Waals surface area contributed by atoms with Gasteiger partial charge in [-0.2, -0.15) is 0 Å². The largest absolute Gasteiger partial charge is 0.342 e. The van der Waals surface area contributed by atoms with Crippen molar-refractivity contribution in [1.29, 1.82) is 0 Å². The number of tetrazole rings is 1. The molecule has 0 fully saturated rings. The van der Waals surface area contributed by atoms with Gasteiger partial charge in [0.05, 0.1) is 16.3 Å². The Kier molecular flexibility index (Phi) is 5.52. The first-order valence-corrected chi connectivity index (χ1v) is 8.91. The van der Waals surface area contributed by atoms with Crippen LogP contribution in [0.5, 0.6) is 0 Å². The number of hydrogen-bond acceptors (Lipinski definition) is 5. The van der Waals surface area contributed by atoms with E-state index in [1.165, 1.54) is 9.70 Å². The first-order valence-electron chi connectivity index (χ1n) is 7.73. The lowest BCUT2D eigenvalue weighted by molar-refractivity contribution is 0.0815. The van der Waals surface area contributed by atoms with Crippen molar-refractivity contribution >= 4 is 45.0 Å². The molecule has 138 valence electrons. The molecule has 0 aliphatic heterocycles. The van der Waals surface area contributed by atoms with Gasteiger partial charge in [0.15, 0.2) is 0 Å². The van der Waals surface area contributed by atoms with Crippen molar-refractivity contribution in [2.45, 2.75) is 0 Å². The minimum Gasteiger partial charge on any atom is -0.342 e. The predicted octanol–water partition coefficient (Wildman–Crippen LogP) is 3.03. The smallest absolute Gasteiger partial charge is 0.294 e. The fraction of sp³-hybridized carbons (Fsp3) is 0.118. The van der Waals surface area contributed by atoms with E-state index in [4.69, 9.17) is 11.6 Å². The van der Waals surface area contributed by atoms with E-state index in [1.807, 2.05) is 0 Å². The van der Waals surface area contributed by atoms with Gasteiger partial charge in [-0.25, -0.2) is 0 Å². The molecule has 0 aliphatic rings. The van der Waals surface area contributed by atoms with Crippen molar-refractivity contribution in [3.05, 3.63) is 63.3 Å². The summed E-state index contributed by atoms with van der Waals surface area (Å²) < 4.78 is 0.757. The highest BCUT2D eigenvalue weighted by Gasteiger charge is 2.15. The first kappa shape index (κ1) is 19.0. The molecule has 0 saturated heterocycles. The molecule has 27 heavy (non-hydrogen) atoms. The van der Waals surface area contributed by atoms with Crippen molar-refractivity contribution in [1.82, 2.24) is 25.1 Å². The summed E-state index contributed by atoms with van der Waals surface area (Å²) in [6, 6.07) is 11.8. The third kappa shape index (κ3) is 4.32. The lowest BCUT2D eigenvalue weighted by Gasteiger charge is -2.08. The second-order valence-electron chi connectivity index (χ2n) is 5.73. The number of carbonyl (C=O) groups excluding carboxylic acids is 2. The van der Waals surface area contributed by atoms with E-state index in [0.29, 0.717) is 22.0 Å². The summed E-state index contributed by atoms with van der Waals surface area (Å²) in [5.74, 6) is -0.662. The minimum atomic E-state index is -0.337. The number of nitrogens with one attached hydrogen (secondary N) is 1. The van der Waals surface area contributed by atoms with Gasteiger partial charge >= 0.3 is 0 Å². The zero-order valence-corrected chi connectivity index (χ0v) is 16.7. The van der Waals surface area contributed by atoms with Crippen LogP contribution in [0.25, 0.3) is 5.69 Å². The van der Waals surface area contributed by atoms with E-state index >= 15 is 0 Å². The number of carbonyl (C=O) groups is 2. The van der Waals surface area contributed by atoms with Crippen molar-refractivity contribution in [3.8, 4) is 5.69 Å². The Morgan fingerprint density at radius 2 is 1.85 bits per heavy atom. The molecular formula is C17H14BrClN6O2. The summed E-state index contributed by atoms with van der Waals surface area (Å²) in [6.45, 7) is 0. The number of anilines is 1. The van der Waals surface area contributed by atoms with Crippen LogP contribution in [0.2, 0.25) is 5.02 Å². The molecule has 0 bridgehead atoms. The SMILES string of the molecule is CN(C)C(=O)c1nnn(-c2ccc(NC(=O)c3cc(Br)ccc3Cl)cc2)n1. The highest BCUT2D eigenvalue weighted by Crippen LogP contribution is 2.22. The zero-order valence-electron chi connectivity index (χ0n) is 14.3. The first-order chi connectivity index (χ1) is 12.8. The van der Waals surface area contributed by atoms with Crippen molar-refractivity contribution in [3.63, 3.8) is 0 Å². The molecule has 10 heteroatoms. The van der Waals surface area contributed by atoms with Crippen LogP contribution in [0, 0.1) is 0 Å². The number of halogens is 2. The summed E-state index contributed by atoms with van der Waals surface area (Å²) in [5.41, 5.74) is 1.53. The van der Waals surface area contributed by atoms with Crippen LogP contribution in [0.15, 0.2) is 46.9 Å². The third-order valence-corrected chi connectivity index (χ3v) is 4.36. The van der Waals surface area contributed by atoms with Gasteiger partial charge in [0.1, 0.15) is 0 Å². The van der Waals surface area contributed by atoms with Crippen LogP contribution in [-0.2, 0) is 0 Å². The normalized spacial score (nSPS) is 10.5. The number of amides is 2. The van der Waals surface area contributed by atoms with Crippen LogP contribution in [0.4, 0.5) is 5.69 Å². The zero-order chi connectivity index (χ0) is 19.6. The second-order valence-corrected chi connectivity index (χ2v) is 7.05. The summed E-state index contributed by atoms with van der Waals surface area (Å²) in [4.78, 5) is 26.8. The summed E-state index contributed by atoms with van der Waals surface area (Å²) in [5, 5.41) is 14.8. The third-order valence-electron chi connectivity index (χ3n) is 3.54. The van der Waals surface area contributed by atoms with Gasteiger partial charge in [-0.15, -0.1) is 15.0 Å². The number of benzene rings is 2. The molecule has 3 aromatic rings. The van der Waals surface area contributed by atoms with Crippen molar-refractivity contribution in [2.24, 2.45) is 0 Å². The molecule has 0 spiro atoms. The highest BCUT2D eigenvalue weighted by molar-refractivity contribution is 9.10. The molecule has 2 amide bonds. The molecule has 1 heterocycles. The molecule has 0 atom stereocenters. The summed E-state index contributed by atoms with van der Waals surface area (Å²) in [6.07, 6.45) is 0. The number of nitrogens with zero attached hydrogens (tertiary/aromatic N) is 5. The van der Waals surface area contributed by atoms with Crippen LogP contribution in [-0.4, -0.2) is 51.0 Å². The van der Waals surface area contributed by atoms with Gasteiger partial charge in [-0.05, 0) is 47.7 Å². The van der Waals surface area contributed by atoms with Crippen LogP contribution in [0.1, 0.15) is 21.0 Å². The van der Waals surface area contributed by atoms with Crippen molar-refractivity contribution in [2.75, 3.05) is 19.4 Å². The Morgan fingerprint density at radius 1 is 1.15 bits per heavy atom. The average molecular weight is 450 g/mol. The Labute approximate surface area is 168 Å². The highest BCUT2D eigenvalue weighted by atomic mass is 79.9. The molecule has 0 saturated carbocycles. The Hall–Kier alpha value is -2.78. The van der Waals surface area contributed by atoms with Crippen LogP contribution in [0.3, 0.4) is 0 Å². The molecule has 0 aliphatic carbocycles. The van der Waals surface area contributed by atoms with E-state index in [-0.39, 0.29) is 17.6 Å². The molecule has 1 aromatic heterocycles. The maximum absolute atomic E-state index is 12.4. The van der Waals surface area contributed by atoms with Gasteiger partial charge in [-0.1, -0.05) is 27.5 Å². The van der Waals surface area contributed by atoms with Crippen molar-refractivity contribution < 1.29 is 9.59 Å². The molecule has 1 N–H and O–H groups in total. The molecule has 0 radical (unpaired) electrons. The van der Waals surface area contributed by atoms with Gasteiger partial charge in [0, 0.05) is 24.3 Å². The minimum absolute atomic E-state index is 0.00155. The Morgan fingerprint density at radius 3 is 2.52 bits per heavy atom. The van der Waals surface area contributed by atoms with Gasteiger partial charge in [-0.3, -0.25) is 9.59 Å². The topological polar surface area (TPSA) is 93.0 Å². The monoisotopic (exact) mass is 448 g/mol. The van der Waals surface area contributed by atoms with E-state index < -0.39 is 0 Å². The van der Waals surface area contributed by atoms with Crippen LogP contribution >= 0.6 is 27.5 Å². The molecular weight excluding hydrogens is 436 g/mol. The Balaban J connectivity index is 1.75. The average Bonchev–Trinajstić information content (AvgIpc) is 3.13. The number of rotatable bonds is 4. The molecule has 0 unspecified atom stereocenters. The van der Waals surface area contributed by atoms with Gasteiger partial charge in [0.25, 0.3) is 17.6 Å². The molecule has 2 aromatic carbocycles. The van der Waals surface area contributed by atoms with E-state index in [1.54, 1.807) is 56.6 Å². The van der Waals surface area contributed by atoms with E-state index in [2.05, 4.69) is 36.7 Å². The molecule has 3 rings (SSSR count).